The number of carbonyl (C=O) groups excluding carboxylic acids is 1. The number of carboxylic acid groups (broad SMARTS) is 1. The van der Waals surface area contributed by atoms with Gasteiger partial charge in [0.15, 0.2) is 0 Å². The minimum absolute atomic E-state index is 0.133. The SMILES string of the molecule is CCN(CC)CCCN/C=C(/C#N)C(=O)NC(C)C(=O)O. The second-order valence-electron chi connectivity index (χ2n) is 4.54. The van der Waals surface area contributed by atoms with Crippen molar-refractivity contribution in [2.45, 2.75) is 33.2 Å². The van der Waals surface area contributed by atoms with Crippen LogP contribution in [-0.2, 0) is 9.59 Å². The Bertz CT molecular complexity index is 411. The van der Waals surface area contributed by atoms with E-state index in [1.165, 1.54) is 13.1 Å². The Morgan fingerprint density at radius 3 is 2.48 bits per heavy atom. The van der Waals surface area contributed by atoms with Crippen LogP contribution in [0.25, 0.3) is 0 Å². The number of rotatable bonds is 10. The lowest BCUT2D eigenvalue weighted by Gasteiger charge is -2.17. The summed E-state index contributed by atoms with van der Waals surface area (Å²) in [5, 5.41) is 22.7. The molecule has 118 valence electrons. The van der Waals surface area contributed by atoms with Crippen molar-refractivity contribution in [2.24, 2.45) is 0 Å². The van der Waals surface area contributed by atoms with Crippen molar-refractivity contribution in [1.82, 2.24) is 15.5 Å². The normalized spacial score (nSPS) is 12.6. The van der Waals surface area contributed by atoms with Gasteiger partial charge in [-0.25, -0.2) is 0 Å². The molecule has 0 aliphatic heterocycles. The molecule has 1 unspecified atom stereocenters. The Morgan fingerprint density at radius 2 is 2.00 bits per heavy atom. The molecule has 0 aromatic rings. The van der Waals surface area contributed by atoms with Crippen molar-refractivity contribution in [3.63, 3.8) is 0 Å². The highest BCUT2D eigenvalue weighted by Crippen LogP contribution is 1.94. The fourth-order valence-corrected chi connectivity index (χ4v) is 1.60. The molecule has 0 radical (unpaired) electrons. The number of aliphatic carboxylic acids is 1. The number of hydrogen-bond donors (Lipinski definition) is 3. The maximum absolute atomic E-state index is 11.6. The van der Waals surface area contributed by atoms with Crippen LogP contribution in [-0.4, -0.2) is 54.1 Å². The third kappa shape index (κ3) is 7.95. The summed E-state index contributed by atoms with van der Waals surface area (Å²) in [5.41, 5.74) is -0.133. The van der Waals surface area contributed by atoms with Gasteiger partial charge < -0.3 is 20.6 Å². The molecule has 0 saturated carbocycles. The first-order valence-electron chi connectivity index (χ1n) is 7.05. The summed E-state index contributed by atoms with van der Waals surface area (Å²) in [5.74, 6) is -1.84. The summed E-state index contributed by atoms with van der Waals surface area (Å²) in [6.45, 7) is 9.10. The minimum atomic E-state index is -1.15. The van der Waals surface area contributed by atoms with Crippen molar-refractivity contribution in [2.75, 3.05) is 26.2 Å². The molecule has 1 amide bonds. The van der Waals surface area contributed by atoms with Gasteiger partial charge in [-0.1, -0.05) is 13.8 Å². The zero-order chi connectivity index (χ0) is 16.3. The van der Waals surface area contributed by atoms with Gasteiger partial charge in [0.25, 0.3) is 5.91 Å². The fraction of sp³-hybridized carbons (Fsp3) is 0.643. The van der Waals surface area contributed by atoms with Crippen molar-refractivity contribution in [3.8, 4) is 6.07 Å². The lowest BCUT2D eigenvalue weighted by molar-refractivity contribution is -0.140. The zero-order valence-electron chi connectivity index (χ0n) is 12.8. The highest BCUT2D eigenvalue weighted by molar-refractivity contribution is 5.99. The number of amides is 1. The van der Waals surface area contributed by atoms with E-state index in [1.807, 2.05) is 0 Å². The van der Waals surface area contributed by atoms with E-state index in [1.54, 1.807) is 6.07 Å². The monoisotopic (exact) mass is 296 g/mol. The molecule has 7 heteroatoms. The second-order valence-corrected chi connectivity index (χ2v) is 4.54. The van der Waals surface area contributed by atoms with Crippen LogP contribution in [0.1, 0.15) is 27.2 Å². The predicted octanol–water partition coefficient (Wildman–Crippen LogP) is 0.305. The lowest BCUT2D eigenvalue weighted by atomic mass is 10.2. The lowest BCUT2D eigenvalue weighted by Crippen LogP contribution is -2.39. The van der Waals surface area contributed by atoms with Crippen LogP contribution in [0.5, 0.6) is 0 Å². The first-order chi connectivity index (χ1) is 9.96. The van der Waals surface area contributed by atoms with Crippen LogP contribution in [0.4, 0.5) is 0 Å². The van der Waals surface area contributed by atoms with Gasteiger partial charge in [0.05, 0.1) is 0 Å². The molecule has 0 bridgehead atoms. The highest BCUT2D eigenvalue weighted by Gasteiger charge is 2.16. The van der Waals surface area contributed by atoms with Crippen LogP contribution in [0, 0.1) is 11.3 Å². The summed E-state index contributed by atoms with van der Waals surface area (Å²) in [7, 11) is 0. The van der Waals surface area contributed by atoms with E-state index in [9.17, 15) is 9.59 Å². The van der Waals surface area contributed by atoms with Gasteiger partial charge >= 0.3 is 5.97 Å². The smallest absolute Gasteiger partial charge is 0.325 e. The van der Waals surface area contributed by atoms with Gasteiger partial charge in [-0.15, -0.1) is 0 Å². The van der Waals surface area contributed by atoms with E-state index < -0.39 is 17.9 Å². The van der Waals surface area contributed by atoms with Crippen molar-refractivity contribution < 1.29 is 14.7 Å². The Morgan fingerprint density at radius 1 is 1.38 bits per heavy atom. The first kappa shape index (κ1) is 18.9. The number of carboxylic acids is 1. The maximum Gasteiger partial charge on any atom is 0.325 e. The van der Waals surface area contributed by atoms with Crippen LogP contribution >= 0.6 is 0 Å². The Hall–Kier alpha value is -2.07. The molecular weight excluding hydrogens is 272 g/mol. The number of nitrogens with zero attached hydrogens (tertiary/aromatic N) is 2. The molecule has 1 atom stereocenters. The van der Waals surface area contributed by atoms with E-state index >= 15 is 0 Å². The number of nitriles is 1. The van der Waals surface area contributed by atoms with Crippen LogP contribution in [0.3, 0.4) is 0 Å². The molecule has 0 rings (SSSR count). The van der Waals surface area contributed by atoms with Crippen LogP contribution < -0.4 is 10.6 Å². The average Bonchev–Trinajstić information content (AvgIpc) is 2.46. The predicted molar refractivity (Wildman–Crippen MR) is 79.3 cm³/mol. The first-order valence-corrected chi connectivity index (χ1v) is 7.05. The maximum atomic E-state index is 11.6. The van der Waals surface area contributed by atoms with Gasteiger partial charge in [-0.2, -0.15) is 5.26 Å². The van der Waals surface area contributed by atoms with Gasteiger partial charge in [0.1, 0.15) is 17.7 Å². The Kier molecular flexibility index (Phi) is 9.63. The average molecular weight is 296 g/mol. The van der Waals surface area contributed by atoms with Crippen molar-refractivity contribution in [1.29, 1.82) is 5.26 Å². The summed E-state index contributed by atoms with van der Waals surface area (Å²) in [4.78, 5) is 24.5. The van der Waals surface area contributed by atoms with Crippen molar-refractivity contribution >= 4 is 11.9 Å². The van der Waals surface area contributed by atoms with Gasteiger partial charge in [0.2, 0.25) is 0 Å². The zero-order valence-corrected chi connectivity index (χ0v) is 12.8. The van der Waals surface area contributed by atoms with Gasteiger partial charge in [0, 0.05) is 12.7 Å². The van der Waals surface area contributed by atoms with E-state index in [0.717, 1.165) is 26.1 Å². The molecule has 0 aromatic carbocycles. The molecular formula is C14H24N4O3. The summed E-state index contributed by atoms with van der Waals surface area (Å²) < 4.78 is 0. The largest absolute Gasteiger partial charge is 0.480 e. The summed E-state index contributed by atoms with van der Waals surface area (Å²) in [6.07, 6.45) is 2.22. The number of hydrogen-bond acceptors (Lipinski definition) is 5. The molecule has 0 fully saturated rings. The highest BCUT2D eigenvalue weighted by atomic mass is 16.4. The van der Waals surface area contributed by atoms with Crippen molar-refractivity contribution in [3.05, 3.63) is 11.8 Å². The fourth-order valence-electron chi connectivity index (χ4n) is 1.60. The number of nitrogens with one attached hydrogen (secondary N) is 2. The van der Waals surface area contributed by atoms with Crippen LogP contribution in [0.15, 0.2) is 11.8 Å². The standard InChI is InChI=1S/C14H24N4O3/c1-4-18(5-2)8-6-7-16-10-12(9-15)13(19)17-11(3)14(20)21/h10-11,16H,4-8H2,1-3H3,(H,17,19)(H,20,21)/b12-10-. The molecule has 7 nitrogen and oxygen atoms in total. The molecule has 0 aliphatic rings. The topological polar surface area (TPSA) is 105 Å². The van der Waals surface area contributed by atoms with E-state index in [0.29, 0.717) is 6.54 Å². The third-order valence-corrected chi connectivity index (χ3v) is 3.02. The second kappa shape index (κ2) is 10.7. The van der Waals surface area contributed by atoms with Crippen LogP contribution in [0.2, 0.25) is 0 Å². The minimum Gasteiger partial charge on any atom is -0.480 e. The summed E-state index contributed by atoms with van der Waals surface area (Å²) in [6, 6.07) is 0.721. The molecule has 0 spiro atoms. The van der Waals surface area contributed by atoms with Gasteiger partial charge in [-0.05, 0) is 33.0 Å². The molecule has 0 heterocycles. The quantitative estimate of drug-likeness (QED) is 0.304. The van der Waals surface area contributed by atoms with Gasteiger partial charge in [-0.3, -0.25) is 9.59 Å². The Labute approximate surface area is 125 Å². The Balaban J connectivity index is 4.20. The summed E-state index contributed by atoms with van der Waals surface area (Å²) >= 11 is 0. The van der Waals surface area contributed by atoms with E-state index in [2.05, 4.69) is 29.4 Å². The van der Waals surface area contributed by atoms with E-state index in [-0.39, 0.29) is 5.57 Å². The molecule has 0 aromatic heterocycles. The molecule has 21 heavy (non-hydrogen) atoms. The van der Waals surface area contributed by atoms with E-state index in [4.69, 9.17) is 10.4 Å². The number of carbonyl (C=O) groups is 2. The molecule has 0 aliphatic carbocycles. The third-order valence-electron chi connectivity index (χ3n) is 3.02. The molecule has 0 saturated heterocycles. The molecule has 3 N–H and O–H groups in total.